The van der Waals surface area contributed by atoms with Crippen LogP contribution in [0.15, 0.2) is 10.7 Å². The van der Waals surface area contributed by atoms with Gasteiger partial charge in [-0.3, -0.25) is 0 Å². The number of carbonyl (C=O) groups is 1. The molecule has 6 heteroatoms. The average Bonchev–Trinajstić information content (AvgIpc) is 2.77. The van der Waals surface area contributed by atoms with E-state index in [4.69, 9.17) is 9.15 Å². The van der Waals surface area contributed by atoms with Crippen molar-refractivity contribution >= 4 is 12.0 Å². The quantitative estimate of drug-likeness (QED) is 0.812. The summed E-state index contributed by atoms with van der Waals surface area (Å²) in [4.78, 5) is 17.7. The monoisotopic (exact) mass is 253 g/mol. The Kier molecular flexibility index (Phi) is 3.86. The van der Waals surface area contributed by atoms with Crippen molar-refractivity contribution in [1.82, 2.24) is 10.3 Å². The molecule has 0 aromatic carbocycles. The third-order valence-electron chi connectivity index (χ3n) is 2.80. The number of anilines is 1. The highest BCUT2D eigenvalue weighted by Crippen LogP contribution is 2.17. The van der Waals surface area contributed by atoms with Crippen LogP contribution in [0, 0.1) is 0 Å². The van der Waals surface area contributed by atoms with E-state index in [0.29, 0.717) is 24.7 Å². The zero-order valence-corrected chi connectivity index (χ0v) is 11.0. The Morgan fingerprint density at radius 3 is 2.83 bits per heavy atom. The summed E-state index contributed by atoms with van der Waals surface area (Å²) in [5.74, 6) is -0.441. The molecule has 1 aromatic rings. The zero-order chi connectivity index (χ0) is 13.1. The first-order valence-electron chi connectivity index (χ1n) is 6.23. The summed E-state index contributed by atoms with van der Waals surface area (Å²) < 4.78 is 10.2. The van der Waals surface area contributed by atoms with Crippen LogP contribution in [-0.2, 0) is 4.74 Å². The topological polar surface area (TPSA) is 67.6 Å². The van der Waals surface area contributed by atoms with Crippen molar-refractivity contribution in [1.29, 1.82) is 0 Å². The van der Waals surface area contributed by atoms with Crippen molar-refractivity contribution in [3.05, 3.63) is 12.0 Å². The van der Waals surface area contributed by atoms with Gasteiger partial charge in [-0.2, -0.15) is 4.98 Å². The van der Waals surface area contributed by atoms with Crippen molar-refractivity contribution in [2.45, 2.75) is 32.9 Å². The second-order valence-corrected chi connectivity index (χ2v) is 4.61. The number of hydrogen-bond donors (Lipinski definition) is 1. The number of nitrogens with one attached hydrogen (secondary N) is 1. The summed E-state index contributed by atoms with van der Waals surface area (Å²) in [7, 11) is 0. The van der Waals surface area contributed by atoms with Crippen molar-refractivity contribution in [3.63, 3.8) is 0 Å². The SMILES string of the molecule is CCOC(=O)c1coc(N2CC(C)NC(C)C2)n1. The van der Waals surface area contributed by atoms with Gasteiger partial charge in [-0.05, 0) is 20.8 Å². The molecule has 1 aromatic heterocycles. The lowest BCUT2D eigenvalue weighted by molar-refractivity contribution is 0.0519. The maximum Gasteiger partial charge on any atom is 0.360 e. The van der Waals surface area contributed by atoms with Gasteiger partial charge in [-0.15, -0.1) is 0 Å². The summed E-state index contributed by atoms with van der Waals surface area (Å²) in [6.07, 6.45) is 1.35. The van der Waals surface area contributed by atoms with E-state index in [9.17, 15) is 4.79 Å². The number of ether oxygens (including phenoxy) is 1. The molecule has 0 aliphatic carbocycles. The van der Waals surface area contributed by atoms with Gasteiger partial charge in [0.15, 0.2) is 5.69 Å². The minimum atomic E-state index is -0.441. The van der Waals surface area contributed by atoms with Gasteiger partial charge >= 0.3 is 5.97 Å². The predicted octanol–water partition coefficient (Wildman–Crippen LogP) is 1.04. The van der Waals surface area contributed by atoms with Crippen LogP contribution >= 0.6 is 0 Å². The summed E-state index contributed by atoms with van der Waals surface area (Å²) in [6.45, 7) is 7.94. The highest BCUT2D eigenvalue weighted by molar-refractivity contribution is 5.87. The Balaban J connectivity index is 2.07. The van der Waals surface area contributed by atoms with E-state index in [1.807, 2.05) is 4.90 Å². The molecule has 1 aliphatic rings. The Morgan fingerprint density at radius 1 is 1.56 bits per heavy atom. The van der Waals surface area contributed by atoms with E-state index in [0.717, 1.165) is 13.1 Å². The second-order valence-electron chi connectivity index (χ2n) is 4.61. The second kappa shape index (κ2) is 5.39. The fourth-order valence-electron chi connectivity index (χ4n) is 2.19. The molecule has 0 radical (unpaired) electrons. The van der Waals surface area contributed by atoms with E-state index in [-0.39, 0.29) is 5.69 Å². The first kappa shape index (κ1) is 12.9. The molecular formula is C12H19N3O3. The molecule has 0 bridgehead atoms. The normalized spacial score (nSPS) is 24.1. The lowest BCUT2D eigenvalue weighted by Crippen LogP contribution is -2.54. The largest absolute Gasteiger partial charge is 0.461 e. The van der Waals surface area contributed by atoms with Crippen LogP contribution < -0.4 is 10.2 Å². The molecule has 1 fully saturated rings. The average molecular weight is 253 g/mol. The number of aromatic nitrogens is 1. The molecule has 1 N–H and O–H groups in total. The lowest BCUT2D eigenvalue weighted by atomic mass is 10.2. The van der Waals surface area contributed by atoms with Crippen LogP contribution in [0.4, 0.5) is 6.01 Å². The maximum atomic E-state index is 11.5. The van der Waals surface area contributed by atoms with Crippen molar-refractivity contribution in [3.8, 4) is 0 Å². The molecule has 1 saturated heterocycles. The van der Waals surface area contributed by atoms with Gasteiger partial charge in [-0.25, -0.2) is 4.79 Å². The number of carbonyl (C=O) groups excluding carboxylic acids is 1. The molecule has 0 amide bonds. The zero-order valence-electron chi connectivity index (χ0n) is 11.0. The number of esters is 1. The van der Waals surface area contributed by atoms with E-state index in [1.165, 1.54) is 6.26 Å². The van der Waals surface area contributed by atoms with Crippen LogP contribution in [0.25, 0.3) is 0 Å². The fraction of sp³-hybridized carbons (Fsp3) is 0.667. The number of hydrogen-bond acceptors (Lipinski definition) is 6. The van der Waals surface area contributed by atoms with Gasteiger partial charge in [0.25, 0.3) is 6.01 Å². The molecule has 100 valence electrons. The summed E-state index contributed by atoms with van der Waals surface area (Å²) >= 11 is 0. The Hall–Kier alpha value is -1.56. The Bertz CT molecular complexity index is 408. The van der Waals surface area contributed by atoms with Gasteiger partial charge < -0.3 is 19.4 Å². The van der Waals surface area contributed by atoms with Crippen LogP contribution in [0.3, 0.4) is 0 Å². The first-order chi connectivity index (χ1) is 8.60. The number of nitrogens with zero attached hydrogens (tertiary/aromatic N) is 2. The molecular weight excluding hydrogens is 234 g/mol. The molecule has 18 heavy (non-hydrogen) atoms. The van der Waals surface area contributed by atoms with Gasteiger partial charge in [0, 0.05) is 25.2 Å². The molecule has 0 saturated carbocycles. The molecule has 2 atom stereocenters. The van der Waals surface area contributed by atoms with Crippen molar-refractivity contribution in [2.75, 3.05) is 24.6 Å². The smallest absolute Gasteiger partial charge is 0.360 e. The summed E-state index contributed by atoms with van der Waals surface area (Å²) in [5, 5.41) is 3.43. The van der Waals surface area contributed by atoms with Crippen molar-refractivity contribution < 1.29 is 13.9 Å². The van der Waals surface area contributed by atoms with E-state index in [1.54, 1.807) is 6.92 Å². The number of rotatable bonds is 3. The Morgan fingerprint density at radius 2 is 2.22 bits per heavy atom. The maximum absolute atomic E-state index is 11.5. The molecule has 2 rings (SSSR count). The van der Waals surface area contributed by atoms with Gasteiger partial charge in [-0.1, -0.05) is 0 Å². The van der Waals surface area contributed by atoms with Crippen LogP contribution in [-0.4, -0.2) is 42.7 Å². The molecule has 6 nitrogen and oxygen atoms in total. The van der Waals surface area contributed by atoms with E-state index in [2.05, 4.69) is 24.1 Å². The van der Waals surface area contributed by atoms with E-state index >= 15 is 0 Å². The third kappa shape index (κ3) is 2.81. The van der Waals surface area contributed by atoms with E-state index < -0.39 is 5.97 Å². The van der Waals surface area contributed by atoms with Crippen LogP contribution in [0.5, 0.6) is 0 Å². The molecule has 2 heterocycles. The Labute approximate surface area is 106 Å². The highest BCUT2D eigenvalue weighted by Gasteiger charge is 2.25. The third-order valence-corrected chi connectivity index (χ3v) is 2.80. The minimum absolute atomic E-state index is 0.227. The van der Waals surface area contributed by atoms with Crippen LogP contribution in [0.2, 0.25) is 0 Å². The number of oxazole rings is 1. The summed E-state index contributed by atoms with van der Waals surface area (Å²) in [5.41, 5.74) is 0.227. The van der Waals surface area contributed by atoms with Gasteiger partial charge in [0.2, 0.25) is 0 Å². The van der Waals surface area contributed by atoms with Crippen LogP contribution in [0.1, 0.15) is 31.3 Å². The first-order valence-corrected chi connectivity index (χ1v) is 6.23. The van der Waals surface area contributed by atoms with Crippen molar-refractivity contribution in [2.24, 2.45) is 0 Å². The molecule has 1 aliphatic heterocycles. The molecule has 2 unspecified atom stereocenters. The predicted molar refractivity (Wildman–Crippen MR) is 66.7 cm³/mol. The van der Waals surface area contributed by atoms with Gasteiger partial charge in [0.1, 0.15) is 6.26 Å². The highest BCUT2D eigenvalue weighted by atomic mass is 16.5. The minimum Gasteiger partial charge on any atom is -0.461 e. The lowest BCUT2D eigenvalue weighted by Gasteiger charge is -2.35. The summed E-state index contributed by atoms with van der Waals surface area (Å²) in [6, 6.07) is 1.22. The van der Waals surface area contributed by atoms with Gasteiger partial charge in [0.05, 0.1) is 6.61 Å². The molecule has 0 spiro atoms. The fourth-order valence-corrected chi connectivity index (χ4v) is 2.19. The standard InChI is InChI=1S/C12H19N3O3/c1-4-17-11(16)10-7-18-12(14-10)15-5-8(2)13-9(3)6-15/h7-9,13H,4-6H2,1-3H3. The number of piperazine rings is 1.